The normalized spacial score (nSPS) is 15.2. The number of rotatable bonds is 3. The Morgan fingerprint density at radius 1 is 1.32 bits per heavy atom. The van der Waals surface area contributed by atoms with E-state index in [-0.39, 0.29) is 17.8 Å². The SMILES string of the molecule is CN(C(=O)OC(C)(C)C)C1CN(c2ccc([N+](=O)[O-])cc2)C1. The predicted molar refractivity (Wildman–Crippen MR) is 83.1 cm³/mol. The van der Waals surface area contributed by atoms with Crippen molar-refractivity contribution in [2.24, 2.45) is 0 Å². The summed E-state index contributed by atoms with van der Waals surface area (Å²) >= 11 is 0. The molecule has 120 valence electrons. The molecule has 1 aromatic carbocycles. The van der Waals surface area contributed by atoms with Crippen LogP contribution in [0.15, 0.2) is 24.3 Å². The zero-order valence-electron chi connectivity index (χ0n) is 13.3. The van der Waals surface area contributed by atoms with Crippen molar-refractivity contribution in [2.45, 2.75) is 32.4 Å². The number of nitro groups is 1. The third-order valence-corrected chi connectivity index (χ3v) is 3.52. The maximum absolute atomic E-state index is 12.0. The lowest BCUT2D eigenvalue weighted by molar-refractivity contribution is -0.384. The average Bonchev–Trinajstić information content (AvgIpc) is 2.35. The second-order valence-electron chi connectivity index (χ2n) is 6.42. The quantitative estimate of drug-likeness (QED) is 0.634. The van der Waals surface area contributed by atoms with Gasteiger partial charge in [-0.15, -0.1) is 0 Å². The molecule has 7 heteroatoms. The number of likely N-dealkylation sites (N-methyl/N-ethyl adjacent to an activating group) is 1. The molecule has 0 unspecified atom stereocenters. The third-order valence-electron chi connectivity index (χ3n) is 3.52. The van der Waals surface area contributed by atoms with Crippen LogP contribution < -0.4 is 4.90 Å². The third kappa shape index (κ3) is 3.66. The Kier molecular flexibility index (Phi) is 4.25. The van der Waals surface area contributed by atoms with Gasteiger partial charge in [0.15, 0.2) is 0 Å². The van der Waals surface area contributed by atoms with Crippen LogP contribution in [0.3, 0.4) is 0 Å². The Balaban J connectivity index is 1.89. The fourth-order valence-corrected chi connectivity index (χ4v) is 2.18. The van der Waals surface area contributed by atoms with E-state index < -0.39 is 10.5 Å². The molecule has 0 saturated carbocycles. The Bertz CT molecular complexity index is 559. The van der Waals surface area contributed by atoms with E-state index in [1.807, 2.05) is 20.8 Å². The minimum atomic E-state index is -0.507. The van der Waals surface area contributed by atoms with E-state index in [0.717, 1.165) is 5.69 Å². The van der Waals surface area contributed by atoms with Crippen LogP contribution in [0.25, 0.3) is 0 Å². The van der Waals surface area contributed by atoms with Gasteiger partial charge in [0.05, 0.1) is 11.0 Å². The van der Waals surface area contributed by atoms with Gasteiger partial charge in [-0.1, -0.05) is 0 Å². The molecule has 0 N–H and O–H groups in total. The maximum Gasteiger partial charge on any atom is 0.410 e. The molecule has 0 spiro atoms. The summed E-state index contributed by atoms with van der Waals surface area (Å²) in [6.45, 7) is 6.88. The molecular formula is C15H21N3O4. The van der Waals surface area contributed by atoms with Gasteiger partial charge in [-0.3, -0.25) is 10.1 Å². The Morgan fingerprint density at radius 3 is 2.32 bits per heavy atom. The van der Waals surface area contributed by atoms with Crippen molar-refractivity contribution in [3.8, 4) is 0 Å². The molecule has 7 nitrogen and oxygen atoms in total. The number of non-ortho nitro benzene ring substituents is 1. The van der Waals surface area contributed by atoms with Crippen molar-refractivity contribution in [1.29, 1.82) is 0 Å². The van der Waals surface area contributed by atoms with Crippen LogP contribution in [-0.4, -0.2) is 47.7 Å². The molecule has 2 rings (SSSR count). The summed E-state index contributed by atoms with van der Waals surface area (Å²) in [7, 11) is 1.73. The van der Waals surface area contributed by atoms with Crippen LogP contribution in [-0.2, 0) is 4.74 Å². The lowest BCUT2D eigenvalue weighted by Gasteiger charge is -2.45. The highest BCUT2D eigenvalue weighted by Crippen LogP contribution is 2.26. The summed E-state index contributed by atoms with van der Waals surface area (Å²) in [6.07, 6.45) is -0.333. The van der Waals surface area contributed by atoms with E-state index in [2.05, 4.69) is 4.90 Å². The average molecular weight is 307 g/mol. The highest BCUT2D eigenvalue weighted by molar-refractivity contribution is 5.69. The maximum atomic E-state index is 12.0. The number of hydrogen-bond donors (Lipinski definition) is 0. The van der Waals surface area contributed by atoms with Crippen molar-refractivity contribution >= 4 is 17.5 Å². The summed E-state index contributed by atoms with van der Waals surface area (Å²) in [5, 5.41) is 10.6. The first-order valence-electron chi connectivity index (χ1n) is 7.12. The topological polar surface area (TPSA) is 75.9 Å². The first-order chi connectivity index (χ1) is 10.2. The van der Waals surface area contributed by atoms with Crippen LogP contribution in [0.1, 0.15) is 20.8 Å². The lowest BCUT2D eigenvalue weighted by atomic mass is 10.1. The van der Waals surface area contributed by atoms with Gasteiger partial charge < -0.3 is 14.5 Å². The van der Waals surface area contributed by atoms with Crippen LogP contribution in [0.2, 0.25) is 0 Å². The van der Waals surface area contributed by atoms with Crippen LogP contribution >= 0.6 is 0 Å². The highest BCUT2D eigenvalue weighted by Gasteiger charge is 2.34. The number of carbonyl (C=O) groups excluding carboxylic acids is 1. The molecule has 0 bridgehead atoms. The molecule has 1 saturated heterocycles. The van der Waals surface area contributed by atoms with Crippen LogP contribution in [0, 0.1) is 10.1 Å². The first kappa shape index (κ1) is 16.1. The minimum Gasteiger partial charge on any atom is -0.444 e. The summed E-state index contributed by atoms with van der Waals surface area (Å²) in [5.74, 6) is 0. The van der Waals surface area contributed by atoms with Crippen molar-refractivity contribution < 1.29 is 14.5 Å². The van der Waals surface area contributed by atoms with Gasteiger partial charge in [0.25, 0.3) is 5.69 Å². The fraction of sp³-hybridized carbons (Fsp3) is 0.533. The molecule has 0 aromatic heterocycles. The molecule has 1 fully saturated rings. The van der Waals surface area contributed by atoms with Crippen molar-refractivity contribution in [1.82, 2.24) is 4.90 Å². The van der Waals surface area contributed by atoms with E-state index in [4.69, 9.17) is 4.74 Å². The van der Waals surface area contributed by atoms with Gasteiger partial charge in [-0.2, -0.15) is 0 Å². The summed E-state index contributed by atoms with van der Waals surface area (Å²) in [6, 6.07) is 6.51. The van der Waals surface area contributed by atoms with Crippen LogP contribution in [0.5, 0.6) is 0 Å². The molecule has 1 aromatic rings. The Labute approximate surface area is 129 Å². The molecule has 0 radical (unpaired) electrons. The molecule has 1 heterocycles. The van der Waals surface area contributed by atoms with Crippen LogP contribution in [0.4, 0.5) is 16.2 Å². The number of benzene rings is 1. The van der Waals surface area contributed by atoms with E-state index in [1.54, 1.807) is 24.1 Å². The Hall–Kier alpha value is -2.31. The highest BCUT2D eigenvalue weighted by atomic mass is 16.6. The second-order valence-corrected chi connectivity index (χ2v) is 6.42. The van der Waals surface area contributed by atoms with Crippen molar-refractivity contribution in [2.75, 3.05) is 25.0 Å². The molecule has 22 heavy (non-hydrogen) atoms. The van der Waals surface area contributed by atoms with Gasteiger partial charge in [-0.25, -0.2) is 4.79 Å². The number of nitro benzene ring substituents is 1. The van der Waals surface area contributed by atoms with Gasteiger partial charge in [0, 0.05) is 38.0 Å². The van der Waals surface area contributed by atoms with E-state index in [9.17, 15) is 14.9 Å². The predicted octanol–water partition coefficient (Wildman–Crippen LogP) is 2.65. The zero-order chi connectivity index (χ0) is 16.5. The number of nitrogens with zero attached hydrogens (tertiary/aromatic N) is 3. The summed E-state index contributed by atoms with van der Waals surface area (Å²) < 4.78 is 5.33. The number of anilines is 1. The molecule has 0 aliphatic carbocycles. The minimum absolute atomic E-state index is 0.0756. The molecule has 1 aliphatic heterocycles. The molecule has 1 aliphatic rings. The second kappa shape index (κ2) is 5.82. The molecule has 0 atom stereocenters. The summed E-state index contributed by atoms with van der Waals surface area (Å²) in [4.78, 5) is 25.8. The number of ether oxygens (including phenoxy) is 1. The standard InChI is InChI=1S/C15H21N3O4/c1-15(2,3)22-14(19)16(4)13-9-17(10-13)11-5-7-12(8-6-11)18(20)21/h5-8,13H,9-10H2,1-4H3. The molecular weight excluding hydrogens is 286 g/mol. The monoisotopic (exact) mass is 307 g/mol. The van der Waals surface area contributed by atoms with Crippen molar-refractivity contribution in [3.63, 3.8) is 0 Å². The lowest BCUT2D eigenvalue weighted by Crippen LogP contribution is -2.60. The number of amides is 1. The zero-order valence-corrected chi connectivity index (χ0v) is 13.3. The van der Waals surface area contributed by atoms with E-state index in [1.165, 1.54) is 12.1 Å². The first-order valence-corrected chi connectivity index (χ1v) is 7.12. The van der Waals surface area contributed by atoms with Gasteiger partial charge in [-0.05, 0) is 32.9 Å². The number of carbonyl (C=O) groups is 1. The van der Waals surface area contributed by atoms with Gasteiger partial charge in [0.2, 0.25) is 0 Å². The van der Waals surface area contributed by atoms with Gasteiger partial charge in [0.1, 0.15) is 5.60 Å². The van der Waals surface area contributed by atoms with Gasteiger partial charge >= 0.3 is 6.09 Å². The summed E-state index contributed by atoms with van der Waals surface area (Å²) in [5.41, 5.74) is 0.485. The Morgan fingerprint density at radius 2 is 1.86 bits per heavy atom. The fourth-order valence-electron chi connectivity index (χ4n) is 2.18. The van der Waals surface area contributed by atoms with Crippen molar-refractivity contribution in [3.05, 3.63) is 34.4 Å². The van der Waals surface area contributed by atoms with E-state index >= 15 is 0 Å². The number of hydrogen-bond acceptors (Lipinski definition) is 5. The smallest absolute Gasteiger partial charge is 0.410 e. The molecule has 1 amide bonds. The van der Waals surface area contributed by atoms with E-state index in [0.29, 0.717) is 13.1 Å². The largest absolute Gasteiger partial charge is 0.444 e.